The summed E-state index contributed by atoms with van der Waals surface area (Å²) in [5, 5.41) is 4.16. The molecule has 2 aliphatic heterocycles. The van der Waals surface area contributed by atoms with Gasteiger partial charge in [0.2, 0.25) is 0 Å². The van der Waals surface area contributed by atoms with Crippen LogP contribution in [-0.2, 0) is 7.05 Å². The first-order chi connectivity index (χ1) is 9.66. The molecule has 3 heterocycles. The molecule has 2 aliphatic rings. The van der Waals surface area contributed by atoms with Crippen LogP contribution in [0.2, 0.25) is 0 Å². The van der Waals surface area contributed by atoms with Gasteiger partial charge in [0.25, 0.3) is 5.56 Å². The van der Waals surface area contributed by atoms with Crippen molar-refractivity contribution in [2.45, 2.75) is 31.7 Å². The monoisotopic (exact) mass is 340 g/mol. The van der Waals surface area contributed by atoms with Gasteiger partial charge in [-0.2, -0.15) is 5.10 Å². The number of nitrogens with zero attached hydrogens (tertiary/aromatic N) is 4. The molecule has 1 unspecified atom stereocenters. The Hall–Kier alpha value is -0.880. The Labute approximate surface area is 127 Å². The van der Waals surface area contributed by atoms with Crippen molar-refractivity contribution in [3.8, 4) is 0 Å². The Kier molecular flexibility index (Phi) is 4.12. The minimum absolute atomic E-state index is 0.0641. The summed E-state index contributed by atoms with van der Waals surface area (Å²) in [7, 11) is 1.68. The van der Waals surface area contributed by atoms with E-state index in [1.54, 1.807) is 13.2 Å². The van der Waals surface area contributed by atoms with E-state index in [0.717, 1.165) is 18.8 Å². The summed E-state index contributed by atoms with van der Waals surface area (Å²) in [6.07, 6.45) is 6.91. The van der Waals surface area contributed by atoms with Crippen LogP contribution in [0.1, 0.15) is 25.7 Å². The molecule has 2 fully saturated rings. The van der Waals surface area contributed by atoms with E-state index in [0.29, 0.717) is 10.5 Å². The number of hydrogen-bond acceptors (Lipinski definition) is 4. The Morgan fingerprint density at radius 2 is 2.00 bits per heavy atom. The molecular formula is C14H21BrN4O. The smallest absolute Gasteiger partial charge is 0.282 e. The van der Waals surface area contributed by atoms with Crippen LogP contribution in [0.5, 0.6) is 0 Å². The molecule has 5 nitrogen and oxygen atoms in total. The van der Waals surface area contributed by atoms with Gasteiger partial charge in [0, 0.05) is 26.2 Å². The zero-order valence-electron chi connectivity index (χ0n) is 11.9. The third kappa shape index (κ3) is 2.63. The second kappa shape index (κ2) is 5.85. The van der Waals surface area contributed by atoms with Crippen LogP contribution in [0.15, 0.2) is 15.5 Å². The number of aromatic nitrogens is 2. The molecule has 0 spiro atoms. The zero-order valence-corrected chi connectivity index (χ0v) is 13.5. The number of halogens is 1. The predicted molar refractivity (Wildman–Crippen MR) is 83.2 cm³/mol. The van der Waals surface area contributed by atoms with E-state index < -0.39 is 0 Å². The summed E-state index contributed by atoms with van der Waals surface area (Å²) in [4.78, 5) is 16.9. The molecule has 0 radical (unpaired) electrons. The Balaban J connectivity index is 1.80. The molecule has 6 heteroatoms. The van der Waals surface area contributed by atoms with Crippen LogP contribution in [0.4, 0.5) is 5.69 Å². The predicted octanol–water partition coefficient (Wildman–Crippen LogP) is 1.61. The molecule has 1 aromatic rings. The minimum atomic E-state index is -0.0641. The lowest BCUT2D eigenvalue weighted by molar-refractivity contribution is 0.215. The van der Waals surface area contributed by atoms with Crippen LogP contribution in [0, 0.1) is 0 Å². The molecule has 20 heavy (non-hydrogen) atoms. The minimum Gasteiger partial charge on any atom is -0.368 e. The van der Waals surface area contributed by atoms with E-state index in [9.17, 15) is 4.79 Å². The first-order valence-corrected chi connectivity index (χ1v) is 8.17. The highest BCUT2D eigenvalue weighted by molar-refractivity contribution is 9.10. The first kappa shape index (κ1) is 14.1. The molecule has 0 N–H and O–H groups in total. The topological polar surface area (TPSA) is 41.4 Å². The summed E-state index contributed by atoms with van der Waals surface area (Å²) >= 11 is 3.44. The van der Waals surface area contributed by atoms with Crippen LogP contribution >= 0.6 is 15.9 Å². The van der Waals surface area contributed by atoms with Gasteiger partial charge in [0.15, 0.2) is 0 Å². The highest BCUT2D eigenvalue weighted by atomic mass is 79.9. The number of hydrogen-bond donors (Lipinski definition) is 0. The zero-order chi connectivity index (χ0) is 14.1. The highest BCUT2D eigenvalue weighted by Gasteiger charge is 2.28. The Morgan fingerprint density at radius 3 is 2.75 bits per heavy atom. The van der Waals surface area contributed by atoms with Crippen molar-refractivity contribution in [1.82, 2.24) is 14.7 Å². The van der Waals surface area contributed by atoms with Crippen LogP contribution < -0.4 is 10.5 Å². The Bertz CT molecular complexity index is 538. The van der Waals surface area contributed by atoms with Crippen molar-refractivity contribution in [3.05, 3.63) is 21.0 Å². The van der Waals surface area contributed by atoms with Crippen LogP contribution in [0.3, 0.4) is 0 Å². The van der Waals surface area contributed by atoms with Crippen molar-refractivity contribution in [2.24, 2.45) is 7.05 Å². The molecule has 0 aromatic carbocycles. The number of anilines is 1. The van der Waals surface area contributed by atoms with Crippen LogP contribution in [-0.4, -0.2) is 46.9 Å². The van der Waals surface area contributed by atoms with Gasteiger partial charge in [0.1, 0.15) is 4.47 Å². The van der Waals surface area contributed by atoms with E-state index >= 15 is 0 Å². The van der Waals surface area contributed by atoms with Crippen molar-refractivity contribution in [1.29, 1.82) is 0 Å². The van der Waals surface area contributed by atoms with Crippen molar-refractivity contribution >= 4 is 21.6 Å². The fraction of sp³-hybridized carbons (Fsp3) is 0.714. The van der Waals surface area contributed by atoms with E-state index in [1.807, 2.05) is 0 Å². The van der Waals surface area contributed by atoms with Gasteiger partial charge in [-0.15, -0.1) is 0 Å². The Morgan fingerprint density at radius 1 is 1.25 bits per heavy atom. The quantitative estimate of drug-likeness (QED) is 0.820. The maximum Gasteiger partial charge on any atom is 0.282 e. The van der Waals surface area contributed by atoms with Gasteiger partial charge in [-0.1, -0.05) is 0 Å². The van der Waals surface area contributed by atoms with Gasteiger partial charge in [-0.25, -0.2) is 4.68 Å². The second-order valence-electron chi connectivity index (χ2n) is 5.76. The molecule has 0 bridgehead atoms. The summed E-state index contributed by atoms with van der Waals surface area (Å²) < 4.78 is 2.01. The van der Waals surface area contributed by atoms with Gasteiger partial charge in [-0.05, 0) is 54.7 Å². The average molecular weight is 341 g/mol. The average Bonchev–Trinajstić information content (AvgIpc) is 2.99. The third-order valence-electron chi connectivity index (χ3n) is 4.45. The maximum atomic E-state index is 12.0. The van der Waals surface area contributed by atoms with Crippen molar-refractivity contribution in [2.75, 3.05) is 31.1 Å². The van der Waals surface area contributed by atoms with Gasteiger partial charge in [-0.3, -0.25) is 9.69 Å². The molecule has 1 aromatic heterocycles. The number of aryl methyl sites for hydroxylation is 1. The largest absolute Gasteiger partial charge is 0.368 e. The van der Waals surface area contributed by atoms with Gasteiger partial charge < -0.3 is 4.90 Å². The molecule has 0 aliphatic carbocycles. The molecule has 1 atom stereocenters. The summed E-state index contributed by atoms with van der Waals surface area (Å²) in [6, 6.07) is 0.627. The standard InChI is InChI=1S/C14H21BrN4O/c1-17-14(20)13(15)12(9-16-17)19-8-4-5-11(10-19)18-6-2-3-7-18/h9,11H,2-8,10H2,1H3. The molecular weight excluding hydrogens is 320 g/mol. The van der Waals surface area contributed by atoms with Crippen LogP contribution in [0.25, 0.3) is 0 Å². The summed E-state index contributed by atoms with van der Waals surface area (Å²) in [5.74, 6) is 0. The van der Waals surface area contributed by atoms with E-state index in [2.05, 4.69) is 30.8 Å². The maximum absolute atomic E-state index is 12.0. The number of rotatable bonds is 2. The van der Waals surface area contributed by atoms with Crippen molar-refractivity contribution in [3.63, 3.8) is 0 Å². The van der Waals surface area contributed by atoms with Gasteiger partial charge in [0.05, 0.1) is 11.9 Å². The molecule has 2 saturated heterocycles. The first-order valence-electron chi connectivity index (χ1n) is 7.37. The normalized spacial score (nSPS) is 24.3. The van der Waals surface area contributed by atoms with Gasteiger partial charge >= 0.3 is 0 Å². The fourth-order valence-corrected chi connectivity index (χ4v) is 3.91. The summed E-state index contributed by atoms with van der Waals surface area (Å²) in [5.41, 5.74) is 0.878. The lowest BCUT2D eigenvalue weighted by Gasteiger charge is -2.38. The lowest BCUT2D eigenvalue weighted by atomic mass is 10.0. The van der Waals surface area contributed by atoms with E-state index in [1.165, 1.54) is 43.5 Å². The van der Waals surface area contributed by atoms with Crippen molar-refractivity contribution < 1.29 is 0 Å². The molecule has 0 saturated carbocycles. The highest BCUT2D eigenvalue weighted by Crippen LogP contribution is 2.27. The van der Waals surface area contributed by atoms with E-state index in [-0.39, 0.29) is 5.56 Å². The summed E-state index contributed by atoms with van der Waals surface area (Å²) in [6.45, 7) is 4.48. The molecule has 3 rings (SSSR count). The third-order valence-corrected chi connectivity index (χ3v) is 5.20. The second-order valence-corrected chi connectivity index (χ2v) is 6.55. The van der Waals surface area contributed by atoms with E-state index in [4.69, 9.17) is 0 Å². The fourth-order valence-electron chi connectivity index (χ4n) is 3.30. The molecule has 110 valence electrons. The molecule has 0 amide bonds. The SMILES string of the molecule is Cn1ncc(N2CCCC(N3CCCC3)C2)c(Br)c1=O. The number of likely N-dealkylation sites (tertiary alicyclic amines) is 1. The number of piperidine rings is 1. The lowest BCUT2D eigenvalue weighted by Crippen LogP contribution is -2.47.